The lowest BCUT2D eigenvalue weighted by Gasteiger charge is -2.43. The van der Waals surface area contributed by atoms with Crippen molar-refractivity contribution in [1.29, 1.82) is 0 Å². The van der Waals surface area contributed by atoms with Crippen LogP contribution in [0.25, 0.3) is 17.2 Å². The predicted octanol–water partition coefficient (Wildman–Crippen LogP) is 7.80. The standard InChI is InChI=1S/C26H27F8N5O.C2H6/c1-5-15(3)21(39-12-10-35-22(39)17-8-7-16(27)13-18(17)28)36-23-19(6-2)37(4)24(40)20(14-26(32,33)34)38(23)11-9-25(29,30)31;1-2/h6-8,10,12-13,20H,5,9,11,14H2,1-4H3;1-2H3/b19-6+,21-15-,36-23+;. The summed E-state index contributed by atoms with van der Waals surface area (Å²) < 4.78 is 110. The smallest absolute Gasteiger partial charge is 0.342 e. The second kappa shape index (κ2) is 14.0. The fourth-order valence-corrected chi connectivity index (χ4v) is 4.25. The summed E-state index contributed by atoms with van der Waals surface area (Å²) >= 11 is 0. The number of likely N-dealkylation sites (N-methyl/N-ethyl adjacent to an activating group) is 1. The molecule has 2 heterocycles. The van der Waals surface area contributed by atoms with Crippen LogP contribution in [0.3, 0.4) is 0 Å². The van der Waals surface area contributed by atoms with Gasteiger partial charge in [0.25, 0.3) is 0 Å². The van der Waals surface area contributed by atoms with Gasteiger partial charge in [0, 0.05) is 32.1 Å². The molecule has 1 aromatic carbocycles. The van der Waals surface area contributed by atoms with Crippen LogP contribution in [0.4, 0.5) is 35.1 Å². The van der Waals surface area contributed by atoms with E-state index in [1.54, 1.807) is 13.8 Å². The number of rotatable bonds is 7. The monoisotopic (exact) mass is 607 g/mol. The van der Waals surface area contributed by atoms with Gasteiger partial charge in [-0.3, -0.25) is 9.36 Å². The highest BCUT2D eigenvalue weighted by Gasteiger charge is 2.46. The molecular weight excluding hydrogens is 574 g/mol. The SMILES string of the molecule is CC.C\C=C1/C(=N\C(=C(/C)CC)n2ccnc2-c2ccc(F)cc2F)N(CCC(F)(F)F)C(CC(F)(F)F)C(=O)N1C. The van der Waals surface area contributed by atoms with Crippen molar-refractivity contribution in [3.8, 4) is 11.4 Å². The van der Waals surface area contributed by atoms with Crippen molar-refractivity contribution in [2.75, 3.05) is 13.6 Å². The third kappa shape index (κ3) is 8.19. The quantitative estimate of drug-likeness (QED) is 0.302. The summed E-state index contributed by atoms with van der Waals surface area (Å²) in [4.78, 5) is 23.3. The summed E-state index contributed by atoms with van der Waals surface area (Å²) in [6, 6.07) is 0.806. The molecule has 3 rings (SSSR count). The number of carbonyl (C=O) groups excluding carboxylic acids is 1. The molecular formula is C28H33F8N5O. The number of benzene rings is 1. The number of nitrogens with zero attached hydrogens (tertiary/aromatic N) is 5. The van der Waals surface area contributed by atoms with Crippen molar-refractivity contribution < 1.29 is 39.9 Å². The van der Waals surface area contributed by atoms with Crippen molar-refractivity contribution >= 4 is 17.6 Å². The number of alkyl halides is 6. The molecule has 14 heteroatoms. The maximum atomic E-state index is 14.7. The van der Waals surface area contributed by atoms with Crippen molar-refractivity contribution in [3.63, 3.8) is 0 Å². The van der Waals surface area contributed by atoms with Gasteiger partial charge in [0.1, 0.15) is 29.3 Å². The summed E-state index contributed by atoms with van der Waals surface area (Å²) in [6.45, 7) is 7.87. The van der Waals surface area contributed by atoms with Gasteiger partial charge in [-0.1, -0.05) is 26.8 Å². The molecule has 0 saturated carbocycles. The molecule has 42 heavy (non-hydrogen) atoms. The average molecular weight is 608 g/mol. The van der Waals surface area contributed by atoms with Crippen LogP contribution in [0.1, 0.15) is 53.9 Å². The fraction of sp³-hybridized carbons (Fsp3) is 0.464. The van der Waals surface area contributed by atoms with E-state index in [0.717, 1.165) is 21.9 Å². The molecule has 1 amide bonds. The summed E-state index contributed by atoms with van der Waals surface area (Å²) in [7, 11) is 1.21. The third-order valence-electron chi connectivity index (χ3n) is 6.35. The van der Waals surface area contributed by atoms with Crippen molar-refractivity contribution in [2.45, 2.75) is 72.3 Å². The third-order valence-corrected chi connectivity index (χ3v) is 6.35. The van der Waals surface area contributed by atoms with Crippen LogP contribution < -0.4 is 0 Å². The largest absolute Gasteiger partial charge is 0.391 e. The second-order valence-corrected chi connectivity index (χ2v) is 9.10. The molecule has 6 nitrogen and oxygen atoms in total. The number of amidine groups is 1. The van der Waals surface area contributed by atoms with Gasteiger partial charge in [-0.2, -0.15) is 26.3 Å². The number of aromatic nitrogens is 2. The molecule has 1 aliphatic rings. The number of halogens is 8. The minimum atomic E-state index is -4.87. The van der Waals surface area contributed by atoms with Crippen molar-refractivity contribution in [3.05, 3.63) is 59.6 Å². The number of hydrogen-bond acceptors (Lipinski definition) is 3. The maximum absolute atomic E-state index is 14.7. The van der Waals surface area contributed by atoms with Crippen LogP contribution in [-0.2, 0) is 4.79 Å². The van der Waals surface area contributed by atoms with E-state index in [4.69, 9.17) is 0 Å². The molecule has 0 aliphatic carbocycles. The number of piperazine rings is 1. The van der Waals surface area contributed by atoms with Crippen LogP contribution in [0.5, 0.6) is 0 Å². The Morgan fingerprint density at radius 2 is 1.74 bits per heavy atom. The Labute approximate surface area is 239 Å². The second-order valence-electron chi connectivity index (χ2n) is 9.10. The Morgan fingerprint density at radius 3 is 2.26 bits per heavy atom. The lowest BCUT2D eigenvalue weighted by atomic mass is 10.0. The minimum Gasteiger partial charge on any atom is -0.342 e. The zero-order chi connectivity index (χ0) is 32.0. The average Bonchev–Trinajstić information content (AvgIpc) is 3.38. The molecule has 232 valence electrons. The molecule has 1 aromatic heterocycles. The highest BCUT2D eigenvalue weighted by atomic mass is 19.4. The molecule has 1 atom stereocenters. The van der Waals surface area contributed by atoms with Crippen LogP contribution in [0.2, 0.25) is 0 Å². The fourth-order valence-electron chi connectivity index (χ4n) is 4.25. The van der Waals surface area contributed by atoms with Crippen molar-refractivity contribution in [2.24, 2.45) is 4.99 Å². The van der Waals surface area contributed by atoms with Gasteiger partial charge in [-0.25, -0.2) is 18.8 Å². The summed E-state index contributed by atoms with van der Waals surface area (Å²) in [5, 5.41) is 0. The topological polar surface area (TPSA) is 53.7 Å². The van der Waals surface area contributed by atoms with Crippen LogP contribution in [-0.4, -0.2) is 63.1 Å². The van der Waals surface area contributed by atoms with Gasteiger partial charge >= 0.3 is 12.4 Å². The zero-order valence-corrected chi connectivity index (χ0v) is 24.0. The number of carbonyl (C=O) groups is 1. The predicted molar refractivity (Wildman–Crippen MR) is 144 cm³/mol. The Hall–Kier alpha value is -3.71. The Balaban J connectivity index is 0.00000301. The van der Waals surface area contributed by atoms with Gasteiger partial charge < -0.3 is 9.80 Å². The molecule has 1 saturated heterocycles. The van der Waals surface area contributed by atoms with E-state index in [9.17, 15) is 39.9 Å². The molecule has 0 N–H and O–H groups in total. The van der Waals surface area contributed by atoms with Crippen LogP contribution in [0, 0.1) is 11.6 Å². The number of imidazole rings is 1. The Bertz CT molecular complexity index is 1340. The van der Waals surface area contributed by atoms with E-state index in [-0.39, 0.29) is 28.7 Å². The van der Waals surface area contributed by atoms with E-state index in [0.29, 0.717) is 18.1 Å². The Kier molecular flexibility index (Phi) is 11.5. The maximum Gasteiger partial charge on any atom is 0.391 e. The number of amides is 1. The van der Waals surface area contributed by atoms with Gasteiger partial charge in [0.15, 0.2) is 5.84 Å². The molecule has 1 unspecified atom stereocenters. The highest BCUT2D eigenvalue weighted by Crippen LogP contribution is 2.34. The van der Waals surface area contributed by atoms with Gasteiger partial charge in [-0.15, -0.1) is 0 Å². The summed E-state index contributed by atoms with van der Waals surface area (Å²) in [6.07, 6.45) is -8.43. The lowest BCUT2D eigenvalue weighted by Crippen LogP contribution is -2.59. The van der Waals surface area contributed by atoms with Crippen molar-refractivity contribution in [1.82, 2.24) is 19.4 Å². The molecule has 2 aromatic rings. The van der Waals surface area contributed by atoms with Crippen LogP contribution >= 0.6 is 0 Å². The van der Waals surface area contributed by atoms with Crippen LogP contribution in [0.15, 0.2) is 52.9 Å². The number of hydrogen-bond donors (Lipinski definition) is 0. The molecule has 0 radical (unpaired) electrons. The zero-order valence-electron chi connectivity index (χ0n) is 24.0. The van der Waals surface area contributed by atoms with E-state index in [1.807, 2.05) is 13.8 Å². The van der Waals surface area contributed by atoms with E-state index >= 15 is 0 Å². The molecule has 0 bridgehead atoms. The highest BCUT2D eigenvalue weighted by molar-refractivity contribution is 6.08. The minimum absolute atomic E-state index is 0.0124. The first-order chi connectivity index (χ1) is 19.6. The Morgan fingerprint density at radius 1 is 1.10 bits per heavy atom. The van der Waals surface area contributed by atoms with E-state index in [1.165, 1.54) is 37.0 Å². The summed E-state index contributed by atoms with van der Waals surface area (Å²) in [5.74, 6) is -3.10. The first kappa shape index (κ1) is 34.5. The van der Waals surface area contributed by atoms with Gasteiger partial charge in [0.05, 0.1) is 24.1 Å². The van der Waals surface area contributed by atoms with Gasteiger partial charge in [0.2, 0.25) is 5.91 Å². The lowest BCUT2D eigenvalue weighted by molar-refractivity contribution is -0.162. The van der Waals surface area contributed by atoms with E-state index in [2.05, 4.69) is 9.98 Å². The normalized spacial score (nSPS) is 18.8. The van der Waals surface area contributed by atoms with E-state index < -0.39 is 55.3 Å². The molecule has 1 aliphatic heterocycles. The molecule has 0 spiro atoms. The number of allylic oxidation sites excluding steroid dienone is 2. The first-order valence-corrected chi connectivity index (χ1v) is 13.2. The summed E-state index contributed by atoms with van der Waals surface area (Å²) in [5.41, 5.74) is 0.396. The first-order valence-electron chi connectivity index (χ1n) is 13.2. The van der Waals surface area contributed by atoms with Gasteiger partial charge in [-0.05, 0) is 38.0 Å². The molecule has 1 fully saturated rings. The number of aliphatic imine (C=N–C) groups is 1.